The molecule has 1 unspecified atom stereocenters. The zero-order valence-electron chi connectivity index (χ0n) is 43.1. The van der Waals surface area contributed by atoms with Gasteiger partial charge < -0.3 is 54.0 Å². The fourth-order valence-electron chi connectivity index (χ4n) is 8.98. The number of rotatable bonds is 25. The van der Waals surface area contributed by atoms with Crippen LogP contribution in [0.25, 0.3) is 0 Å². The number of nitrogens with one attached hydrogen (secondary N) is 4. The Morgan fingerprint density at radius 1 is 0.887 bits per heavy atom. The Morgan fingerprint density at radius 3 is 2.38 bits per heavy atom. The minimum absolute atomic E-state index is 0.0101. The molecular formula is C51H54ClF2N11O14S. The number of para-hydroxylation sites is 1. The van der Waals surface area contributed by atoms with Crippen LogP contribution < -0.4 is 45.1 Å². The predicted octanol–water partition coefficient (Wildman–Crippen LogP) is 3.37. The first kappa shape index (κ1) is 56.8. The smallest absolute Gasteiger partial charge is 0.483 e. The van der Waals surface area contributed by atoms with Crippen LogP contribution in [0, 0.1) is 0 Å². The number of aromatic nitrogens is 4. The van der Waals surface area contributed by atoms with Crippen LogP contribution in [-0.4, -0.2) is 179 Å². The van der Waals surface area contributed by atoms with Crippen molar-refractivity contribution in [1.29, 1.82) is 0 Å². The van der Waals surface area contributed by atoms with Gasteiger partial charge in [-0.05, 0) is 55.0 Å². The SMILES string of the molecule is COc1nc(Nc2cc(S(C)(=O)=O)ccc2N[C@@H](c2cccc3c2OC(F)(F)O3)c2ncccc2Cl)nc(N2CCN(CCOCCOCCOCCNC(=O)COc3cccc4c3C(=O)N(C3CCC(=O)NC3=O)C4=O)CC2)n1. The van der Waals surface area contributed by atoms with Crippen LogP contribution in [0.2, 0.25) is 5.02 Å². The number of piperidine rings is 1. The molecule has 29 heteroatoms. The summed E-state index contributed by atoms with van der Waals surface area (Å²) in [5.74, 6) is -3.24. The van der Waals surface area contributed by atoms with Crippen molar-refractivity contribution in [2.45, 2.75) is 36.1 Å². The van der Waals surface area contributed by atoms with Gasteiger partial charge in [0, 0.05) is 63.7 Å². The number of ether oxygens (including phenoxy) is 7. The fourth-order valence-corrected chi connectivity index (χ4v) is 9.86. The number of carbonyl (C=O) groups is 5. The predicted molar refractivity (Wildman–Crippen MR) is 279 cm³/mol. The maximum absolute atomic E-state index is 14.4. The van der Waals surface area contributed by atoms with Crippen LogP contribution in [0.5, 0.6) is 23.3 Å². The molecule has 2 atom stereocenters. The van der Waals surface area contributed by atoms with Gasteiger partial charge in [-0.3, -0.25) is 44.1 Å². The molecule has 424 valence electrons. The number of halogens is 3. The summed E-state index contributed by atoms with van der Waals surface area (Å²) in [4.78, 5) is 85.8. The van der Waals surface area contributed by atoms with Crippen molar-refractivity contribution in [2.75, 3.05) is 114 Å². The number of pyridine rings is 1. The van der Waals surface area contributed by atoms with Gasteiger partial charge in [-0.15, -0.1) is 8.78 Å². The quantitative estimate of drug-likeness (QED) is 0.0481. The molecule has 80 heavy (non-hydrogen) atoms. The number of alkyl halides is 2. The van der Waals surface area contributed by atoms with Crippen molar-refractivity contribution < 1.29 is 74.3 Å². The number of sulfone groups is 1. The van der Waals surface area contributed by atoms with Gasteiger partial charge in [0.15, 0.2) is 27.9 Å². The van der Waals surface area contributed by atoms with E-state index in [9.17, 15) is 41.2 Å². The Kier molecular flexibility index (Phi) is 17.8. The summed E-state index contributed by atoms with van der Waals surface area (Å²) in [6.07, 6.45) is -1.38. The summed E-state index contributed by atoms with van der Waals surface area (Å²) in [7, 11) is -2.34. The van der Waals surface area contributed by atoms with Gasteiger partial charge in [0.05, 0.1) is 90.9 Å². The Morgan fingerprint density at radius 2 is 1.64 bits per heavy atom. The highest BCUT2D eigenvalue weighted by molar-refractivity contribution is 7.90. The summed E-state index contributed by atoms with van der Waals surface area (Å²) >= 11 is 6.64. The number of benzene rings is 3. The highest BCUT2D eigenvalue weighted by Crippen LogP contribution is 2.48. The van der Waals surface area contributed by atoms with Gasteiger partial charge >= 0.3 is 12.3 Å². The third-order valence-corrected chi connectivity index (χ3v) is 14.3. The summed E-state index contributed by atoms with van der Waals surface area (Å²) in [6, 6.07) is 14.1. The van der Waals surface area contributed by atoms with E-state index in [1.807, 2.05) is 4.90 Å². The van der Waals surface area contributed by atoms with Crippen molar-refractivity contribution in [3.05, 3.63) is 100 Å². The van der Waals surface area contributed by atoms with Gasteiger partial charge in [0.25, 0.3) is 17.7 Å². The number of fused-ring (bicyclic) bond motifs is 2. The molecule has 0 spiro atoms. The first-order valence-corrected chi connectivity index (χ1v) is 27.3. The number of piperazine rings is 1. The lowest BCUT2D eigenvalue weighted by atomic mass is 10.0. The zero-order valence-corrected chi connectivity index (χ0v) is 44.7. The molecular weight excluding hydrogens is 1100 g/mol. The molecule has 6 heterocycles. The minimum atomic E-state index is -3.93. The molecule has 2 fully saturated rings. The van der Waals surface area contributed by atoms with E-state index in [2.05, 4.69) is 46.1 Å². The molecule has 4 N–H and O–H groups in total. The molecule has 4 aliphatic heterocycles. The van der Waals surface area contributed by atoms with Crippen molar-refractivity contribution >= 4 is 74.2 Å². The van der Waals surface area contributed by atoms with Gasteiger partial charge in [-0.1, -0.05) is 29.8 Å². The van der Waals surface area contributed by atoms with E-state index in [4.69, 9.17) is 44.8 Å². The second-order valence-corrected chi connectivity index (χ2v) is 20.7. The maximum Gasteiger partial charge on any atom is 0.586 e. The van der Waals surface area contributed by atoms with Crippen LogP contribution in [0.3, 0.4) is 0 Å². The Hall–Kier alpha value is -7.89. The van der Waals surface area contributed by atoms with Crippen LogP contribution in [0.1, 0.15) is 50.9 Å². The standard InChI is InChI=1S/C51H54ClF2N11O14S/c1-73-50-61-48(58-35-28-30(80(2,71)72)11-12-34(35)57-42(43-33(52)8-5-15-56-43)32-7-4-10-38-44(32)79-51(53,54)78-38)60-49(62-50)64-19-17-63(18-20-64)21-23-75-25-27-76-26-24-74-22-16-55-40(67)29-77-37-9-3-6-31-41(37)47(70)65(46(31)69)36-13-14-39(66)59-45(36)68/h3-12,15,28,36,42,57H,13-14,16-27,29H2,1-2H3,(H,55,67)(H,59,66,68)(H,58,60,61,62)/t36?,42-/m0/s1. The molecule has 3 aromatic carbocycles. The lowest BCUT2D eigenvalue weighted by molar-refractivity contribution is -0.287. The van der Waals surface area contributed by atoms with E-state index < -0.39 is 64.4 Å². The number of nitrogens with zero attached hydrogens (tertiary/aromatic N) is 7. The normalized spacial score (nSPS) is 17.2. The Balaban J connectivity index is 0.692. The molecule has 25 nitrogen and oxygen atoms in total. The van der Waals surface area contributed by atoms with E-state index in [1.54, 1.807) is 18.2 Å². The van der Waals surface area contributed by atoms with E-state index >= 15 is 0 Å². The third kappa shape index (κ3) is 13.6. The lowest BCUT2D eigenvalue weighted by Crippen LogP contribution is -2.54. The molecule has 0 aliphatic carbocycles. The van der Waals surface area contributed by atoms with Crippen molar-refractivity contribution in [2.24, 2.45) is 0 Å². The number of hydrogen-bond donors (Lipinski definition) is 4. The zero-order chi connectivity index (χ0) is 56.6. The van der Waals surface area contributed by atoms with Gasteiger partial charge in [-0.25, -0.2) is 8.42 Å². The van der Waals surface area contributed by atoms with Crippen LogP contribution in [0.15, 0.2) is 77.8 Å². The van der Waals surface area contributed by atoms with Crippen LogP contribution in [0.4, 0.5) is 32.1 Å². The van der Waals surface area contributed by atoms with Gasteiger partial charge in [-0.2, -0.15) is 15.0 Å². The van der Waals surface area contributed by atoms with Crippen LogP contribution in [-0.2, 0) is 38.4 Å². The van der Waals surface area contributed by atoms with E-state index in [-0.39, 0.29) is 105 Å². The molecule has 5 amide bonds. The van der Waals surface area contributed by atoms with Crippen molar-refractivity contribution in [3.63, 3.8) is 0 Å². The molecule has 2 aromatic heterocycles. The molecule has 0 radical (unpaired) electrons. The number of amides is 5. The molecule has 0 bridgehead atoms. The minimum Gasteiger partial charge on any atom is -0.483 e. The second kappa shape index (κ2) is 25.1. The van der Waals surface area contributed by atoms with E-state index in [0.717, 1.165) is 11.2 Å². The summed E-state index contributed by atoms with van der Waals surface area (Å²) < 4.78 is 92.1. The third-order valence-electron chi connectivity index (χ3n) is 12.9. The average Bonchev–Trinajstić information content (AvgIpc) is 4.00. The highest BCUT2D eigenvalue weighted by atomic mass is 35.5. The number of hydrogen-bond acceptors (Lipinski definition) is 22. The van der Waals surface area contributed by atoms with E-state index in [1.165, 1.54) is 61.8 Å². The summed E-state index contributed by atoms with van der Waals surface area (Å²) in [6.45, 7) is 4.66. The molecule has 9 rings (SSSR count). The first-order chi connectivity index (χ1) is 38.5. The molecule has 5 aromatic rings. The van der Waals surface area contributed by atoms with Crippen molar-refractivity contribution in [3.8, 4) is 23.3 Å². The number of carbonyl (C=O) groups excluding carboxylic acids is 5. The summed E-state index contributed by atoms with van der Waals surface area (Å²) in [5, 5.41) is 11.4. The lowest BCUT2D eigenvalue weighted by Gasteiger charge is -2.34. The van der Waals surface area contributed by atoms with Gasteiger partial charge in [0.1, 0.15) is 11.8 Å². The number of anilines is 4. The first-order valence-electron chi connectivity index (χ1n) is 25.1. The Bertz CT molecular complexity index is 3270. The number of methoxy groups -OCH3 is 1. The van der Waals surface area contributed by atoms with E-state index in [0.29, 0.717) is 65.1 Å². The molecule has 2 saturated heterocycles. The fraction of sp³-hybridized carbons (Fsp3) is 0.392. The average molecular weight is 1150 g/mol. The van der Waals surface area contributed by atoms with Crippen LogP contribution >= 0.6 is 11.6 Å². The monoisotopic (exact) mass is 1150 g/mol. The maximum atomic E-state index is 14.4. The van der Waals surface area contributed by atoms with Crippen molar-refractivity contribution in [1.82, 2.24) is 40.4 Å². The summed E-state index contributed by atoms with van der Waals surface area (Å²) in [5.41, 5.74) is 0.901. The Labute approximate surface area is 461 Å². The number of imide groups is 2. The highest BCUT2D eigenvalue weighted by Gasteiger charge is 2.47. The molecule has 0 saturated carbocycles. The second-order valence-electron chi connectivity index (χ2n) is 18.3. The topological polar surface area (TPSA) is 293 Å². The van der Waals surface area contributed by atoms with Gasteiger partial charge in [0.2, 0.25) is 23.7 Å². The largest absolute Gasteiger partial charge is 0.586 e. The molecule has 4 aliphatic rings.